The summed E-state index contributed by atoms with van der Waals surface area (Å²) < 4.78 is 2.10. The maximum Gasteiger partial charge on any atom is 0.0597 e. The molecule has 1 aromatic rings. The van der Waals surface area contributed by atoms with Crippen LogP contribution >= 0.6 is 0 Å². The van der Waals surface area contributed by atoms with Gasteiger partial charge in [-0.15, -0.1) is 0 Å². The summed E-state index contributed by atoms with van der Waals surface area (Å²) in [5.41, 5.74) is 2.40. The zero-order chi connectivity index (χ0) is 13.8. The molecule has 2 heterocycles. The molecule has 0 amide bonds. The van der Waals surface area contributed by atoms with Gasteiger partial charge in [-0.05, 0) is 52.6 Å². The van der Waals surface area contributed by atoms with E-state index < -0.39 is 0 Å². The van der Waals surface area contributed by atoms with Crippen molar-refractivity contribution in [1.29, 1.82) is 0 Å². The number of aryl methyl sites for hydroxylation is 2. The monoisotopic (exact) mass is 265 g/mol. The third-order valence-corrected chi connectivity index (χ3v) is 4.01. The Hall–Kier alpha value is -0.870. The molecule has 1 saturated heterocycles. The lowest BCUT2D eigenvalue weighted by atomic mass is 9.97. The smallest absolute Gasteiger partial charge is 0.0597 e. The molecule has 1 fully saturated rings. The summed E-state index contributed by atoms with van der Waals surface area (Å²) in [7, 11) is 0. The van der Waals surface area contributed by atoms with E-state index in [-0.39, 0.29) is 6.10 Å². The fourth-order valence-electron chi connectivity index (χ4n) is 3.14. The van der Waals surface area contributed by atoms with Gasteiger partial charge in [-0.3, -0.25) is 9.58 Å². The molecule has 0 radical (unpaired) electrons. The van der Waals surface area contributed by atoms with E-state index in [9.17, 15) is 5.11 Å². The molecule has 4 heteroatoms. The van der Waals surface area contributed by atoms with Crippen LogP contribution < -0.4 is 0 Å². The van der Waals surface area contributed by atoms with E-state index in [2.05, 4.69) is 34.6 Å². The van der Waals surface area contributed by atoms with E-state index in [0.29, 0.717) is 6.04 Å². The lowest BCUT2D eigenvalue weighted by molar-refractivity contribution is 0.0799. The summed E-state index contributed by atoms with van der Waals surface area (Å²) in [6.45, 7) is 9.13. The van der Waals surface area contributed by atoms with Crippen molar-refractivity contribution in [2.75, 3.05) is 6.54 Å². The highest BCUT2D eigenvalue weighted by atomic mass is 16.3. The molecule has 1 aliphatic heterocycles. The van der Waals surface area contributed by atoms with Crippen LogP contribution in [-0.4, -0.2) is 38.5 Å². The quantitative estimate of drug-likeness (QED) is 0.888. The third kappa shape index (κ3) is 3.80. The molecule has 0 bridgehead atoms. The van der Waals surface area contributed by atoms with Gasteiger partial charge in [0, 0.05) is 19.1 Å². The second-order valence-corrected chi connectivity index (χ2v) is 5.80. The number of piperidine rings is 1. The van der Waals surface area contributed by atoms with Crippen molar-refractivity contribution < 1.29 is 5.11 Å². The molecule has 108 valence electrons. The minimum absolute atomic E-state index is 0.205. The Balaban J connectivity index is 2.06. The van der Waals surface area contributed by atoms with Crippen molar-refractivity contribution >= 4 is 0 Å². The van der Waals surface area contributed by atoms with Gasteiger partial charge in [0.25, 0.3) is 0 Å². The first-order valence-electron chi connectivity index (χ1n) is 7.55. The lowest BCUT2D eigenvalue weighted by Gasteiger charge is -2.36. The van der Waals surface area contributed by atoms with Crippen molar-refractivity contribution in [3.05, 3.63) is 17.5 Å². The van der Waals surface area contributed by atoms with Crippen LogP contribution in [0.3, 0.4) is 0 Å². The maximum atomic E-state index is 9.65. The fraction of sp³-hybridized carbons (Fsp3) is 0.800. The highest BCUT2D eigenvalue weighted by molar-refractivity contribution is 5.09. The molecule has 0 aliphatic carbocycles. The molecule has 2 atom stereocenters. The molecule has 1 N–H and O–H groups in total. The fourth-order valence-corrected chi connectivity index (χ4v) is 3.14. The van der Waals surface area contributed by atoms with E-state index in [4.69, 9.17) is 0 Å². The first-order chi connectivity index (χ1) is 9.10. The van der Waals surface area contributed by atoms with Crippen molar-refractivity contribution in [2.24, 2.45) is 0 Å². The molecule has 1 aliphatic rings. The van der Waals surface area contributed by atoms with E-state index in [0.717, 1.165) is 31.7 Å². The molecule has 2 rings (SSSR count). The lowest BCUT2D eigenvalue weighted by Crippen LogP contribution is -2.41. The first kappa shape index (κ1) is 14.5. The van der Waals surface area contributed by atoms with Gasteiger partial charge in [-0.1, -0.05) is 6.42 Å². The van der Waals surface area contributed by atoms with Crippen LogP contribution in [0.1, 0.15) is 50.9 Å². The number of rotatable bonds is 5. The Bertz CT molecular complexity index is 400. The summed E-state index contributed by atoms with van der Waals surface area (Å²) in [4.78, 5) is 2.53. The molecule has 1 aromatic heterocycles. The van der Waals surface area contributed by atoms with Gasteiger partial charge in [0.1, 0.15) is 0 Å². The molecule has 19 heavy (non-hydrogen) atoms. The Kier molecular flexibility index (Phi) is 4.99. The number of likely N-dealkylation sites (tertiary alicyclic amines) is 1. The zero-order valence-corrected chi connectivity index (χ0v) is 12.5. The number of aromatic nitrogens is 2. The summed E-state index contributed by atoms with van der Waals surface area (Å²) in [6.07, 6.45) is 4.46. The average molecular weight is 265 g/mol. The van der Waals surface area contributed by atoms with Gasteiger partial charge in [0.15, 0.2) is 0 Å². The number of hydrogen-bond donors (Lipinski definition) is 1. The summed E-state index contributed by atoms with van der Waals surface area (Å²) >= 11 is 0. The van der Waals surface area contributed by atoms with Crippen molar-refractivity contribution in [3.8, 4) is 0 Å². The zero-order valence-electron chi connectivity index (χ0n) is 12.5. The van der Waals surface area contributed by atoms with Crippen LogP contribution in [0.5, 0.6) is 0 Å². The maximum absolute atomic E-state index is 9.65. The van der Waals surface area contributed by atoms with Gasteiger partial charge in [-0.2, -0.15) is 5.10 Å². The Labute approximate surface area is 116 Å². The number of aliphatic hydroxyl groups is 1. The normalized spacial score (nSPS) is 22.6. The van der Waals surface area contributed by atoms with Gasteiger partial charge in [0.2, 0.25) is 0 Å². The Morgan fingerprint density at radius 2 is 2.26 bits per heavy atom. The second kappa shape index (κ2) is 6.53. The summed E-state index contributed by atoms with van der Waals surface area (Å²) in [5, 5.41) is 14.2. The molecular formula is C15H27N3O. The first-order valence-corrected chi connectivity index (χ1v) is 7.55. The third-order valence-electron chi connectivity index (χ3n) is 4.01. The standard InChI is InChI=1S/C15H27N3O/c1-4-18-15(9-12(2)16-18)11-17-8-6-5-7-14(17)10-13(3)19/h9,13-14,19H,4-8,10-11H2,1-3H3. The van der Waals surface area contributed by atoms with Gasteiger partial charge in [-0.25, -0.2) is 0 Å². The van der Waals surface area contributed by atoms with Crippen LogP contribution in [0.2, 0.25) is 0 Å². The highest BCUT2D eigenvalue weighted by Gasteiger charge is 2.24. The molecular weight excluding hydrogens is 238 g/mol. The van der Waals surface area contributed by atoms with Crippen LogP contribution in [-0.2, 0) is 13.1 Å². The topological polar surface area (TPSA) is 41.3 Å². The summed E-state index contributed by atoms with van der Waals surface area (Å²) in [6, 6.07) is 2.71. The predicted molar refractivity (Wildman–Crippen MR) is 77.0 cm³/mol. The van der Waals surface area contributed by atoms with Gasteiger partial charge in [0.05, 0.1) is 17.5 Å². The van der Waals surface area contributed by atoms with Gasteiger partial charge >= 0.3 is 0 Å². The van der Waals surface area contributed by atoms with Gasteiger partial charge < -0.3 is 5.11 Å². The van der Waals surface area contributed by atoms with E-state index in [1.54, 1.807) is 0 Å². The average Bonchev–Trinajstić information content (AvgIpc) is 2.71. The molecule has 0 aromatic carbocycles. The molecule has 2 unspecified atom stereocenters. The highest BCUT2D eigenvalue weighted by Crippen LogP contribution is 2.23. The largest absolute Gasteiger partial charge is 0.393 e. The molecule has 4 nitrogen and oxygen atoms in total. The number of nitrogens with zero attached hydrogens (tertiary/aromatic N) is 3. The number of hydrogen-bond acceptors (Lipinski definition) is 3. The Morgan fingerprint density at radius 1 is 1.47 bits per heavy atom. The van der Waals surface area contributed by atoms with Crippen LogP contribution in [0.25, 0.3) is 0 Å². The minimum atomic E-state index is -0.205. The second-order valence-electron chi connectivity index (χ2n) is 5.80. The molecule has 0 saturated carbocycles. The van der Waals surface area contributed by atoms with E-state index in [1.165, 1.54) is 25.0 Å². The van der Waals surface area contributed by atoms with E-state index in [1.807, 2.05) is 6.92 Å². The SMILES string of the molecule is CCn1nc(C)cc1CN1CCCCC1CC(C)O. The van der Waals surface area contributed by atoms with Crippen molar-refractivity contribution in [3.63, 3.8) is 0 Å². The van der Waals surface area contributed by atoms with Crippen LogP contribution in [0, 0.1) is 6.92 Å². The van der Waals surface area contributed by atoms with Crippen molar-refractivity contribution in [2.45, 2.75) is 71.7 Å². The van der Waals surface area contributed by atoms with E-state index >= 15 is 0 Å². The van der Waals surface area contributed by atoms with Crippen LogP contribution in [0.15, 0.2) is 6.07 Å². The summed E-state index contributed by atoms with van der Waals surface area (Å²) in [5.74, 6) is 0. The number of aliphatic hydroxyl groups excluding tert-OH is 1. The predicted octanol–water partition coefficient (Wildman–Crippen LogP) is 2.34. The molecule has 0 spiro atoms. The van der Waals surface area contributed by atoms with Crippen molar-refractivity contribution in [1.82, 2.24) is 14.7 Å². The van der Waals surface area contributed by atoms with Crippen LogP contribution in [0.4, 0.5) is 0 Å². The Morgan fingerprint density at radius 3 is 2.95 bits per heavy atom. The minimum Gasteiger partial charge on any atom is -0.393 e.